The molecule has 0 spiro atoms. The predicted octanol–water partition coefficient (Wildman–Crippen LogP) is 6.56. The van der Waals surface area contributed by atoms with Gasteiger partial charge in [0.2, 0.25) is 0 Å². The highest BCUT2D eigenvalue weighted by Crippen LogP contribution is 2.33. The fourth-order valence-electron chi connectivity index (χ4n) is 5.82. The summed E-state index contributed by atoms with van der Waals surface area (Å²) in [5.41, 5.74) is 2.16. The number of esters is 2. The van der Waals surface area contributed by atoms with E-state index in [1.807, 2.05) is 59.1 Å². The molecule has 4 rings (SSSR count). The van der Waals surface area contributed by atoms with Crippen LogP contribution >= 0.6 is 0 Å². The van der Waals surface area contributed by atoms with E-state index in [4.69, 9.17) is 23.9 Å². The first-order valence-corrected chi connectivity index (χ1v) is 15.9. The number of halogens is 1. The molecule has 1 aromatic heterocycles. The highest BCUT2D eigenvalue weighted by molar-refractivity contribution is 5.94. The van der Waals surface area contributed by atoms with Gasteiger partial charge in [-0.2, -0.15) is 0 Å². The van der Waals surface area contributed by atoms with E-state index in [0.717, 1.165) is 11.3 Å². The number of nitrogens with one attached hydrogen (secondary N) is 1. The molecule has 1 saturated heterocycles. The standard InChI is InChI=1S/C36H46FN3O7/c1-22(2)31-30(33(42)38-21-23-10-9-11-25(18-23)34(43)44-8)39-32(24-12-14-26(37)15-13-24)40(31)17-16-27-19-28(46-36(6,7)45-27)20-29(41)47-35(3,4)5/h9-15,18,22,27-28H,16-17,19-21H2,1-8H3,(H,38,42)/t27-,28-/m1/s1. The first-order chi connectivity index (χ1) is 22.0. The maximum Gasteiger partial charge on any atom is 0.337 e. The van der Waals surface area contributed by atoms with Crippen LogP contribution in [0.3, 0.4) is 0 Å². The van der Waals surface area contributed by atoms with E-state index in [9.17, 15) is 18.8 Å². The Morgan fingerprint density at radius 2 is 1.77 bits per heavy atom. The molecule has 1 aliphatic heterocycles. The maximum absolute atomic E-state index is 13.9. The molecular weight excluding hydrogens is 605 g/mol. The molecule has 10 nitrogen and oxygen atoms in total. The summed E-state index contributed by atoms with van der Waals surface area (Å²) in [5, 5.41) is 2.94. The van der Waals surface area contributed by atoms with Gasteiger partial charge in [0.1, 0.15) is 22.9 Å². The van der Waals surface area contributed by atoms with Crippen LogP contribution in [0.1, 0.15) is 106 Å². The Morgan fingerprint density at radius 3 is 2.40 bits per heavy atom. The van der Waals surface area contributed by atoms with Gasteiger partial charge in [0.05, 0.1) is 37.0 Å². The minimum absolute atomic E-state index is 0.0907. The molecule has 0 saturated carbocycles. The van der Waals surface area contributed by atoms with Gasteiger partial charge in [-0.1, -0.05) is 26.0 Å². The lowest BCUT2D eigenvalue weighted by Gasteiger charge is -2.41. The van der Waals surface area contributed by atoms with E-state index < -0.39 is 17.4 Å². The Bertz CT molecular complexity index is 1570. The molecule has 3 aromatic rings. The number of hydrogen-bond acceptors (Lipinski definition) is 8. The molecule has 0 unspecified atom stereocenters. The molecule has 254 valence electrons. The number of hydrogen-bond donors (Lipinski definition) is 1. The fraction of sp³-hybridized carbons (Fsp3) is 0.500. The highest BCUT2D eigenvalue weighted by atomic mass is 19.1. The van der Waals surface area contributed by atoms with Crippen molar-refractivity contribution in [2.24, 2.45) is 0 Å². The summed E-state index contributed by atoms with van der Waals surface area (Å²) in [6.07, 6.45) is 0.494. The summed E-state index contributed by atoms with van der Waals surface area (Å²) in [7, 11) is 1.32. The molecule has 2 atom stereocenters. The zero-order valence-electron chi connectivity index (χ0n) is 28.5. The lowest BCUT2D eigenvalue weighted by molar-refractivity contribution is -0.301. The number of amides is 1. The Kier molecular flexibility index (Phi) is 11.2. The molecule has 1 amide bonds. The number of imidazole rings is 1. The molecular formula is C36H46FN3O7. The van der Waals surface area contributed by atoms with Gasteiger partial charge in [0.25, 0.3) is 5.91 Å². The Hall–Kier alpha value is -4.09. The predicted molar refractivity (Wildman–Crippen MR) is 174 cm³/mol. The molecule has 0 radical (unpaired) electrons. The summed E-state index contributed by atoms with van der Waals surface area (Å²) >= 11 is 0. The molecule has 2 heterocycles. The van der Waals surface area contributed by atoms with Crippen molar-refractivity contribution in [3.05, 3.63) is 76.9 Å². The monoisotopic (exact) mass is 651 g/mol. The van der Waals surface area contributed by atoms with E-state index in [-0.39, 0.29) is 54.5 Å². The van der Waals surface area contributed by atoms with Crippen LogP contribution in [-0.2, 0) is 36.8 Å². The lowest BCUT2D eigenvalue weighted by atomic mass is 10.0. The van der Waals surface area contributed by atoms with Crippen LogP contribution in [0.4, 0.5) is 4.39 Å². The Labute approximate surface area is 275 Å². The van der Waals surface area contributed by atoms with E-state index in [1.165, 1.54) is 19.2 Å². The first kappa shape index (κ1) is 35.8. The second-order valence-electron chi connectivity index (χ2n) is 13.6. The van der Waals surface area contributed by atoms with E-state index >= 15 is 0 Å². The van der Waals surface area contributed by atoms with Crippen molar-refractivity contribution in [3.63, 3.8) is 0 Å². The average molecular weight is 652 g/mol. The van der Waals surface area contributed by atoms with E-state index in [0.29, 0.717) is 36.3 Å². The summed E-state index contributed by atoms with van der Waals surface area (Å²) in [6.45, 7) is 13.7. The SMILES string of the molecule is COC(=O)c1cccc(CNC(=O)c2nc(-c3ccc(F)cc3)n(CC[C@@H]3C[C@H](CC(=O)OC(C)(C)C)OC(C)(C)O3)c2C(C)C)c1. The number of rotatable bonds is 11. The van der Waals surface area contributed by atoms with E-state index in [1.54, 1.807) is 30.3 Å². The van der Waals surface area contributed by atoms with Crippen LogP contribution < -0.4 is 5.32 Å². The molecule has 0 bridgehead atoms. The number of carbonyl (C=O) groups is 3. The van der Waals surface area contributed by atoms with Crippen LogP contribution in [0, 0.1) is 5.82 Å². The number of benzene rings is 2. The molecule has 1 fully saturated rings. The number of ether oxygens (including phenoxy) is 4. The van der Waals surface area contributed by atoms with Gasteiger partial charge in [-0.25, -0.2) is 14.2 Å². The topological polar surface area (TPSA) is 118 Å². The third-order valence-electron chi connectivity index (χ3n) is 7.59. The number of nitrogens with zero attached hydrogens (tertiary/aromatic N) is 2. The highest BCUT2D eigenvalue weighted by Gasteiger charge is 2.37. The van der Waals surface area contributed by atoms with Crippen LogP contribution in [0.15, 0.2) is 48.5 Å². The quantitative estimate of drug-likeness (QED) is 0.232. The summed E-state index contributed by atoms with van der Waals surface area (Å²) in [5.74, 6) is -2.02. The van der Waals surface area contributed by atoms with Crippen molar-refractivity contribution >= 4 is 17.8 Å². The van der Waals surface area contributed by atoms with Gasteiger partial charge in [-0.3, -0.25) is 9.59 Å². The summed E-state index contributed by atoms with van der Waals surface area (Å²) in [4.78, 5) is 43.1. The Morgan fingerprint density at radius 1 is 1.09 bits per heavy atom. The van der Waals surface area contributed by atoms with Gasteiger partial charge in [0, 0.05) is 25.1 Å². The lowest BCUT2D eigenvalue weighted by Crippen LogP contribution is -2.46. The second kappa shape index (κ2) is 14.8. The van der Waals surface area contributed by atoms with Gasteiger partial charge in [-0.15, -0.1) is 0 Å². The third kappa shape index (κ3) is 9.71. The van der Waals surface area contributed by atoms with Crippen molar-refractivity contribution in [2.45, 2.75) is 110 Å². The number of carbonyl (C=O) groups excluding carboxylic acids is 3. The van der Waals surface area contributed by atoms with Gasteiger partial charge in [-0.05, 0) is 88.9 Å². The molecule has 2 aromatic carbocycles. The third-order valence-corrected chi connectivity index (χ3v) is 7.59. The smallest absolute Gasteiger partial charge is 0.337 e. The molecule has 47 heavy (non-hydrogen) atoms. The van der Waals surface area contributed by atoms with Crippen LogP contribution in [-0.4, -0.2) is 58.1 Å². The fourth-order valence-corrected chi connectivity index (χ4v) is 5.82. The molecule has 11 heteroatoms. The Balaban J connectivity index is 1.60. The summed E-state index contributed by atoms with van der Waals surface area (Å²) in [6, 6.07) is 12.9. The van der Waals surface area contributed by atoms with Crippen LogP contribution in [0.5, 0.6) is 0 Å². The van der Waals surface area contributed by atoms with Crippen molar-refractivity contribution in [1.82, 2.24) is 14.9 Å². The van der Waals surface area contributed by atoms with Crippen LogP contribution in [0.25, 0.3) is 11.4 Å². The average Bonchev–Trinajstić information content (AvgIpc) is 3.37. The number of methoxy groups -OCH3 is 1. The van der Waals surface area contributed by atoms with Gasteiger partial charge in [0.15, 0.2) is 5.79 Å². The maximum atomic E-state index is 13.9. The zero-order chi connectivity index (χ0) is 34.5. The van der Waals surface area contributed by atoms with Gasteiger partial charge >= 0.3 is 11.9 Å². The molecule has 1 aliphatic rings. The molecule has 1 N–H and O–H groups in total. The second-order valence-corrected chi connectivity index (χ2v) is 13.6. The minimum atomic E-state index is -0.915. The van der Waals surface area contributed by atoms with Crippen molar-refractivity contribution in [3.8, 4) is 11.4 Å². The number of aromatic nitrogens is 2. The van der Waals surface area contributed by atoms with Crippen LogP contribution in [0.2, 0.25) is 0 Å². The van der Waals surface area contributed by atoms with Crippen molar-refractivity contribution in [1.29, 1.82) is 0 Å². The normalized spacial score (nSPS) is 17.7. The van der Waals surface area contributed by atoms with E-state index in [2.05, 4.69) is 5.32 Å². The molecule has 0 aliphatic carbocycles. The minimum Gasteiger partial charge on any atom is -0.465 e. The summed E-state index contributed by atoms with van der Waals surface area (Å²) < 4.78 is 38.6. The van der Waals surface area contributed by atoms with Crippen molar-refractivity contribution < 1.29 is 37.7 Å². The van der Waals surface area contributed by atoms with Crippen molar-refractivity contribution in [2.75, 3.05) is 7.11 Å². The zero-order valence-corrected chi connectivity index (χ0v) is 28.5. The first-order valence-electron chi connectivity index (χ1n) is 15.9. The largest absolute Gasteiger partial charge is 0.465 e. The van der Waals surface area contributed by atoms with Gasteiger partial charge < -0.3 is 28.8 Å².